The molecule has 0 aromatic rings. The van der Waals surface area contributed by atoms with E-state index < -0.39 is 0 Å². The minimum absolute atomic E-state index is 0.276. The fraction of sp³-hybridized carbons (Fsp3) is 1.00. The molecule has 1 aliphatic heterocycles. The lowest BCUT2D eigenvalue weighted by Crippen LogP contribution is -2.45. The second-order valence-corrected chi connectivity index (χ2v) is 4.88. The van der Waals surface area contributed by atoms with Crippen molar-refractivity contribution in [2.75, 3.05) is 6.61 Å². The number of rotatable bonds is 4. The maximum atomic E-state index is 10.1. The smallest absolute Gasteiger partial charge is 0.0912 e. The normalized spacial score (nSPS) is 32.6. The Hall–Kier alpha value is -0.0800. The molecule has 0 aromatic heterocycles. The highest BCUT2D eigenvalue weighted by atomic mass is 16.5. The molecule has 84 valence electrons. The van der Waals surface area contributed by atoms with Gasteiger partial charge < -0.3 is 9.84 Å². The lowest BCUT2D eigenvalue weighted by Gasteiger charge is -2.38. The first-order chi connectivity index (χ1) is 6.58. The van der Waals surface area contributed by atoms with Crippen molar-refractivity contribution in [1.82, 2.24) is 0 Å². The Morgan fingerprint density at radius 3 is 2.64 bits per heavy atom. The Bertz CT molecular complexity index is 162. The molecule has 2 heteroatoms. The fourth-order valence-corrected chi connectivity index (χ4v) is 2.02. The van der Waals surface area contributed by atoms with E-state index in [1.807, 2.05) is 0 Å². The molecule has 0 spiro atoms. The van der Waals surface area contributed by atoms with Crippen LogP contribution in [0.2, 0.25) is 0 Å². The summed E-state index contributed by atoms with van der Waals surface area (Å²) in [6.45, 7) is 7.23. The summed E-state index contributed by atoms with van der Waals surface area (Å²) in [6.07, 6.45) is 5.04. The Kier molecular flexibility index (Phi) is 4.39. The van der Waals surface area contributed by atoms with Crippen molar-refractivity contribution in [3.8, 4) is 0 Å². The summed E-state index contributed by atoms with van der Waals surface area (Å²) in [6, 6.07) is 0. The van der Waals surface area contributed by atoms with E-state index >= 15 is 0 Å². The molecular weight excluding hydrogens is 176 g/mol. The molecule has 14 heavy (non-hydrogen) atoms. The molecule has 1 fully saturated rings. The van der Waals surface area contributed by atoms with E-state index in [1.165, 1.54) is 6.42 Å². The van der Waals surface area contributed by atoms with Gasteiger partial charge in [-0.25, -0.2) is 0 Å². The second-order valence-electron chi connectivity index (χ2n) is 4.88. The highest BCUT2D eigenvalue weighted by Crippen LogP contribution is 2.31. The van der Waals surface area contributed by atoms with Gasteiger partial charge in [0.2, 0.25) is 0 Å². The average molecular weight is 200 g/mol. The van der Waals surface area contributed by atoms with E-state index in [0.717, 1.165) is 32.3 Å². The van der Waals surface area contributed by atoms with Gasteiger partial charge in [-0.15, -0.1) is 0 Å². The highest BCUT2D eigenvalue weighted by molar-refractivity contribution is 4.86. The van der Waals surface area contributed by atoms with Crippen LogP contribution in [0.1, 0.15) is 52.9 Å². The Morgan fingerprint density at radius 2 is 2.14 bits per heavy atom. The molecule has 1 rings (SSSR count). The molecule has 3 atom stereocenters. The zero-order valence-electron chi connectivity index (χ0n) is 9.75. The van der Waals surface area contributed by atoms with Gasteiger partial charge in [0, 0.05) is 6.61 Å². The Balaban J connectivity index is 2.44. The van der Waals surface area contributed by atoms with Crippen LogP contribution >= 0.6 is 0 Å². The van der Waals surface area contributed by atoms with Gasteiger partial charge in [0.15, 0.2) is 0 Å². The lowest BCUT2D eigenvalue weighted by molar-refractivity contribution is -0.141. The van der Waals surface area contributed by atoms with Gasteiger partial charge in [-0.1, -0.05) is 20.3 Å². The second kappa shape index (κ2) is 5.13. The molecule has 0 aliphatic carbocycles. The van der Waals surface area contributed by atoms with Crippen LogP contribution in [0, 0.1) is 5.92 Å². The number of hydrogen-bond acceptors (Lipinski definition) is 2. The van der Waals surface area contributed by atoms with Crippen LogP contribution in [0.3, 0.4) is 0 Å². The first-order valence-corrected chi connectivity index (χ1v) is 5.90. The number of aliphatic hydroxyl groups is 1. The van der Waals surface area contributed by atoms with Gasteiger partial charge in [0.1, 0.15) is 0 Å². The first kappa shape index (κ1) is 12.0. The molecule has 0 bridgehead atoms. The van der Waals surface area contributed by atoms with Gasteiger partial charge in [-0.2, -0.15) is 0 Å². The molecule has 1 aliphatic rings. The predicted octanol–water partition coefficient (Wildman–Crippen LogP) is 2.74. The third-order valence-corrected chi connectivity index (χ3v) is 3.53. The van der Waals surface area contributed by atoms with Gasteiger partial charge >= 0.3 is 0 Å². The van der Waals surface area contributed by atoms with E-state index in [-0.39, 0.29) is 11.7 Å². The number of ether oxygens (including phenoxy) is 1. The van der Waals surface area contributed by atoms with Gasteiger partial charge in [0.05, 0.1) is 11.7 Å². The van der Waals surface area contributed by atoms with Crippen molar-refractivity contribution >= 4 is 0 Å². The maximum absolute atomic E-state index is 10.1. The van der Waals surface area contributed by atoms with Crippen molar-refractivity contribution in [1.29, 1.82) is 0 Å². The van der Waals surface area contributed by atoms with Crippen molar-refractivity contribution in [2.24, 2.45) is 5.92 Å². The summed E-state index contributed by atoms with van der Waals surface area (Å²) in [5, 5.41) is 10.1. The third kappa shape index (κ3) is 2.96. The summed E-state index contributed by atoms with van der Waals surface area (Å²) in [4.78, 5) is 0. The molecule has 0 aromatic carbocycles. The van der Waals surface area contributed by atoms with E-state index in [0.29, 0.717) is 5.92 Å². The zero-order chi connectivity index (χ0) is 10.6. The fourth-order valence-electron chi connectivity index (χ4n) is 2.02. The largest absolute Gasteiger partial charge is 0.390 e. The Labute approximate surface area is 87.7 Å². The predicted molar refractivity (Wildman–Crippen MR) is 58.3 cm³/mol. The van der Waals surface area contributed by atoms with Crippen LogP contribution in [0.25, 0.3) is 0 Å². The molecule has 2 nitrogen and oxygen atoms in total. The van der Waals surface area contributed by atoms with Crippen LogP contribution in [0.5, 0.6) is 0 Å². The van der Waals surface area contributed by atoms with Crippen molar-refractivity contribution in [3.63, 3.8) is 0 Å². The van der Waals surface area contributed by atoms with Crippen LogP contribution in [-0.2, 0) is 4.74 Å². The summed E-state index contributed by atoms with van der Waals surface area (Å²) >= 11 is 0. The summed E-state index contributed by atoms with van der Waals surface area (Å²) in [7, 11) is 0. The Morgan fingerprint density at radius 1 is 1.43 bits per heavy atom. The summed E-state index contributed by atoms with van der Waals surface area (Å²) in [5.74, 6) is 0.590. The van der Waals surface area contributed by atoms with Crippen LogP contribution in [0.4, 0.5) is 0 Å². The molecule has 0 amide bonds. The topological polar surface area (TPSA) is 29.5 Å². The van der Waals surface area contributed by atoms with E-state index in [2.05, 4.69) is 20.8 Å². The summed E-state index contributed by atoms with van der Waals surface area (Å²) < 4.78 is 5.72. The maximum Gasteiger partial charge on any atom is 0.0912 e. The number of aliphatic hydroxyl groups excluding tert-OH is 1. The molecule has 3 unspecified atom stereocenters. The lowest BCUT2D eigenvalue weighted by atomic mass is 9.85. The highest BCUT2D eigenvalue weighted by Gasteiger charge is 2.35. The zero-order valence-corrected chi connectivity index (χ0v) is 9.75. The van der Waals surface area contributed by atoms with E-state index in [1.54, 1.807) is 0 Å². The van der Waals surface area contributed by atoms with Crippen LogP contribution in [-0.4, -0.2) is 23.4 Å². The minimum atomic E-state index is -0.294. The minimum Gasteiger partial charge on any atom is -0.390 e. The summed E-state index contributed by atoms with van der Waals surface area (Å²) in [5.41, 5.74) is -0.276. The quantitative estimate of drug-likeness (QED) is 0.756. The number of hydrogen-bond donors (Lipinski definition) is 1. The van der Waals surface area contributed by atoms with Gasteiger partial charge in [-0.3, -0.25) is 0 Å². The molecule has 0 radical (unpaired) electrons. The average Bonchev–Trinajstić information content (AvgIpc) is 2.18. The molecule has 1 heterocycles. The van der Waals surface area contributed by atoms with Crippen molar-refractivity contribution < 1.29 is 9.84 Å². The van der Waals surface area contributed by atoms with Crippen molar-refractivity contribution in [3.05, 3.63) is 0 Å². The first-order valence-electron chi connectivity index (χ1n) is 5.90. The third-order valence-electron chi connectivity index (χ3n) is 3.53. The monoisotopic (exact) mass is 200 g/mol. The molecular formula is C12H24O2. The van der Waals surface area contributed by atoms with Gasteiger partial charge in [-0.05, 0) is 38.5 Å². The standard InChI is InChI=1S/C12H24O2/c1-4-10(2)9-11(13)12(3)7-5-6-8-14-12/h10-11,13H,4-9H2,1-3H3. The molecule has 1 N–H and O–H groups in total. The molecule has 0 saturated carbocycles. The van der Waals surface area contributed by atoms with Crippen LogP contribution < -0.4 is 0 Å². The molecule has 1 saturated heterocycles. The van der Waals surface area contributed by atoms with Crippen molar-refractivity contribution in [2.45, 2.75) is 64.6 Å². The SMILES string of the molecule is CCC(C)CC(O)C1(C)CCCCO1. The van der Waals surface area contributed by atoms with Gasteiger partial charge in [0.25, 0.3) is 0 Å². The van der Waals surface area contributed by atoms with E-state index in [9.17, 15) is 5.11 Å². The van der Waals surface area contributed by atoms with Crippen LogP contribution in [0.15, 0.2) is 0 Å². The van der Waals surface area contributed by atoms with E-state index in [4.69, 9.17) is 4.74 Å².